The number of hydrogen-bond acceptors (Lipinski definition) is 3. The number of nitrogens with one attached hydrogen (secondary N) is 2. The van der Waals surface area contributed by atoms with Gasteiger partial charge in [-0.1, -0.05) is 6.07 Å². The fourth-order valence-corrected chi connectivity index (χ4v) is 1.76. The average Bonchev–Trinajstić information content (AvgIpc) is 2.40. The summed E-state index contributed by atoms with van der Waals surface area (Å²) in [7, 11) is 1.57. The molecule has 19 heavy (non-hydrogen) atoms. The van der Waals surface area contributed by atoms with Crippen molar-refractivity contribution < 1.29 is 14.7 Å². The van der Waals surface area contributed by atoms with E-state index in [0.717, 1.165) is 5.56 Å². The van der Waals surface area contributed by atoms with Gasteiger partial charge in [0.1, 0.15) is 0 Å². The number of hydrogen-bond donors (Lipinski definition) is 3. The minimum Gasteiger partial charge on any atom is -0.396 e. The van der Waals surface area contributed by atoms with Crippen LogP contribution in [0.4, 0.5) is 5.69 Å². The standard InChI is InChI=1S/C14H20N2O3/c1-10-11(14(19)15-2)6-5-7-12(10)16-13(18)8-3-4-9-17/h5-7,17H,3-4,8-9H2,1-2H3,(H,15,19)(H,16,18). The van der Waals surface area contributed by atoms with Crippen molar-refractivity contribution in [3.8, 4) is 0 Å². The normalized spacial score (nSPS) is 10.1. The van der Waals surface area contributed by atoms with Crippen molar-refractivity contribution in [2.24, 2.45) is 0 Å². The van der Waals surface area contributed by atoms with Crippen molar-refractivity contribution >= 4 is 17.5 Å². The quantitative estimate of drug-likeness (QED) is 0.681. The van der Waals surface area contributed by atoms with E-state index in [0.29, 0.717) is 30.5 Å². The van der Waals surface area contributed by atoms with Gasteiger partial charge in [-0.2, -0.15) is 0 Å². The molecule has 0 radical (unpaired) electrons. The smallest absolute Gasteiger partial charge is 0.251 e. The molecule has 0 bridgehead atoms. The van der Waals surface area contributed by atoms with Gasteiger partial charge >= 0.3 is 0 Å². The zero-order valence-electron chi connectivity index (χ0n) is 11.3. The molecule has 0 unspecified atom stereocenters. The summed E-state index contributed by atoms with van der Waals surface area (Å²) in [4.78, 5) is 23.3. The first kappa shape index (κ1) is 15.2. The van der Waals surface area contributed by atoms with E-state index in [-0.39, 0.29) is 18.4 Å². The van der Waals surface area contributed by atoms with Gasteiger partial charge in [-0.3, -0.25) is 9.59 Å². The van der Waals surface area contributed by atoms with E-state index < -0.39 is 0 Å². The summed E-state index contributed by atoms with van der Waals surface area (Å²) in [5.74, 6) is -0.278. The molecule has 0 saturated carbocycles. The van der Waals surface area contributed by atoms with E-state index in [1.165, 1.54) is 0 Å². The Morgan fingerprint density at radius 2 is 2.00 bits per heavy atom. The van der Waals surface area contributed by atoms with Gasteiger partial charge in [0.15, 0.2) is 0 Å². The van der Waals surface area contributed by atoms with E-state index in [1.807, 2.05) is 0 Å². The van der Waals surface area contributed by atoms with Crippen molar-refractivity contribution in [1.29, 1.82) is 0 Å². The number of carbonyl (C=O) groups excluding carboxylic acids is 2. The second kappa shape index (κ2) is 7.53. The fraction of sp³-hybridized carbons (Fsp3) is 0.429. The number of aliphatic hydroxyl groups is 1. The van der Waals surface area contributed by atoms with Gasteiger partial charge in [-0.05, 0) is 37.5 Å². The summed E-state index contributed by atoms with van der Waals surface area (Å²) in [6.07, 6.45) is 1.63. The summed E-state index contributed by atoms with van der Waals surface area (Å²) in [6, 6.07) is 5.22. The van der Waals surface area contributed by atoms with Crippen molar-refractivity contribution in [2.45, 2.75) is 26.2 Å². The molecule has 0 heterocycles. The summed E-state index contributed by atoms with van der Waals surface area (Å²) in [5.41, 5.74) is 1.95. The van der Waals surface area contributed by atoms with Crippen LogP contribution in [0.15, 0.2) is 18.2 Å². The summed E-state index contributed by atoms with van der Waals surface area (Å²) in [5, 5.41) is 14.0. The fourth-order valence-electron chi connectivity index (χ4n) is 1.76. The lowest BCUT2D eigenvalue weighted by molar-refractivity contribution is -0.116. The maximum Gasteiger partial charge on any atom is 0.251 e. The molecule has 5 nitrogen and oxygen atoms in total. The van der Waals surface area contributed by atoms with E-state index in [9.17, 15) is 9.59 Å². The highest BCUT2D eigenvalue weighted by molar-refractivity contribution is 5.99. The summed E-state index contributed by atoms with van der Waals surface area (Å²) >= 11 is 0. The number of aliphatic hydroxyl groups excluding tert-OH is 1. The number of benzene rings is 1. The van der Waals surface area contributed by atoms with Crippen LogP contribution in [0.25, 0.3) is 0 Å². The Bertz CT molecular complexity index is 458. The maximum absolute atomic E-state index is 11.7. The predicted octanol–water partition coefficient (Wildman–Crippen LogP) is 1.46. The number of anilines is 1. The first-order valence-corrected chi connectivity index (χ1v) is 6.32. The van der Waals surface area contributed by atoms with Gasteiger partial charge in [0.05, 0.1) is 0 Å². The van der Waals surface area contributed by atoms with Crippen LogP contribution in [0.2, 0.25) is 0 Å². The molecule has 3 N–H and O–H groups in total. The van der Waals surface area contributed by atoms with Gasteiger partial charge in [-0.15, -0.1) is 0 Å². The molecule has 0 aliphatic heterocycles. The van der Waals surface area contributed by atoms with Gasteiger partial charge in [0.25, 0.3) is 5.91 Å². The highest BCUT2D eigenvalue weighted by Gasteiger charge is 2.11. The van der Waals surface area contributed by atoms with Crippen molar-refractivity contribution in [1.82, 2.24) is 5.32 Å². The second-order valence-electron chi connectivity index (χ2n) is 4.29. The van der Waals surface area contributed by atoms with Crippen molar-refractivity contribution in [3.05, 3.63) is 29.3 Å². The Kier molecular flexibility index (Phi) is 6.02. The van der Waals surface area contributed by atoms with Crippen molar-refractivity contribution in [3.63, 3.8) is 0 Å². The van der Waals surface area contributed by atoms with E-state index in [4.69, 9.17) is 5.11 Å². The molecule has 0 aromatic heterocycles. The van der Waals surface area contributed by atoms with Crippen molar-refractivity contribution in [2.75, 3.05) is 19.0 Å². The summed E-state index contributed by atoms with van der Waals surface area (Å²) in [6.45, 7) is 1.90. The van der Waals surface area contributed by atoms with Crippen LogP contribution in [-0.2, 0) is 4.79 Å². The molecule has 0 fully saturated rings. The number of carbonyl (C=O) groups is 2. The minimum absolute atomic E-state index is 0.0957. The van der Waals surface area contributed by atoms with Crippen LogP contribution in [0.1, 0.15) is 35.2 Å². The monoisotopic (exact) mass is 264 g/mol. The number of unbranched alkanes of at least 4 members (excludes halogenated alkanes) is 1. The van der Waals surface area contributed by atoms with Gasteiger partial charge in [0.2, 0.25) is 5.91 Å². The zero-order chi connectivity index (χ0) is 14.3. The number of rotatable bonds is 6. The van der Waals surface area contributed by atoms with Crippen LogP contribution in [-0.4, -0.2) is 30.6 Å². The molecule has 0 spiro atoms. The SMILES string of the molecule is CNC(=O)c1cccc(NC(=O)CCCCO)c1C. The first-order valence-electron chi connectivity index (χ1n) is 6.32. The molecule has 1 rings (SSSR count). The molecule has 104 valence electrons. The van der Waals surface area contributed by atoms with E-state index in [2.05, 4.69) is 10.6 Å². The highest BCUT2D eigenvalue weighted by atomic mass is 16.3. The lowest BCUT2D eigenvalue weighted by atomic mass is 10.1. The Morgan fingerprint density at radius 1 is 1.26 bits per heavy atom. The largest absolute Gasteiger partial charge is 0.396 e. The molecular formula is C14H20N2O3. The van der Waals surface area contributed by atoms with E-state index in [1.54, 1.807) is 32.2 Å². The minimum atomic E-state index is -0.172. The Balaban J connectivity index is 2.73. The average molecular weight is 264 g/mol. The Morgan fingerprint density at radius 3 is 2.63 bits per heavy atom. The molecule has 0 saturated heterocycles. The van der Waals surface area contributed by atoms with Gasteiger partial charge in [-0.25, -0.2) is 0 Å². The zero-order valence-corrected chi connectivity index (χ0v) is 11.3. The molecule has 0 atom stereocenters. The Hall–Kier alpha value is -1.88. The second-order valence-corrected chi connectivity index (χ2v) is 4.29. The number of amides is 2. The molecule has 1 aromatic rings. The topological polar surface area (TPSA) is 78.4 Å². The van der Waals surface area contributed by atoms with E-state index >= 15 is 0 Å². The summed E-state index contributed by atoms with van der Waals surface area (Å²) < 4.78 is 0. The lowest BCUT2D eigenvalue weighted by Gasteiger charge is -2.11. The third-order valence-corrected chi connectivity index (χ3v) is 2.89. The molecule has 5 heteroatoms. The van der Waals surface area contributed by atoms with Gasteiger partial charge in [0, 0.05) is 31.3 Å². The predicted molar refractivity (Wildman–Crippen MR) is 74.1 cm³/mol. The van der Waals surface area contributed by atoms with Gasteiger partial charge < -0.3 is 15.7 Å². The molecular weight excluding hydrogens is 244 g/mol. The van der Waals surface area contributed by atoms with Crippen LogP contribution < -0.4 is 10.6 Å². The van der Waals surface area contributed by atoms with Crippen LogP contribution in [0.3, 0.4) is 0 Å². The van der Waals surface area contributed by atoms with Crippen LogP contribution in [0, 0.1) is 6.92 Å². The van der Waals surface area contributed by atoms with Crippen LogP contribution >= 0.6 is 0 Å². The molecule has 0 aliphatic rings. The molecule has 2 amide bonds. The lowest BCUT2D eigenvalue weighted by Crippen LogP contribution is -2.20. The third-order valence-electron chi connectivity index (χ3n) is 2.89. The van der Waals surface area contributed by atoms with Crippen LogP contribution in [0.5, 0.6) is 0 Å². The third kappa shape index (κ3) is 4.37. The maximum atomic E-state index is 11.7. The molecule has 1 aromatic carbocycles. The first-order chi connectivity index (χ1) is 9.10. The highest BCUT2D eigenvalue weighted by Crippen LogP contribution is 2.19. The molecule has 0 aliphatic carbocycles. The Labute approximate surface area is 113 Å².